The lowest BCUT2D eigenvalue weighted by atomic mass is 10.1. The van der Waals surface area contributed by atoms with E-state index in [1.54, 1.807) is 29.2 Å². The number of hydrogen-bond donors (Lipinski definition) is 2. The molecule has 7 rings (SSSR count). The number of fused-ring (bicyclic) bond motifs is 2. The minimum atomic E-state index is -1.16. The average Bonchev–Trinajstić information content (AvgIpc) is 3.46. The second-order valence-electron chi connectivity index (χ2n) is 10.7. The second-order valence-corrected chi connectivity index (χ2v) is 11.1. The number of imidazole rings is 1. The molecule has 0 amide bonds. The Kier molecular flexibility index (Phi) is 6.92. The summed E-state index contributed by atoms with van der Waals surface area (Å²) >= 11 is 5.94. The lowest BCUT2D eigenvalue weighted by Gasteiger charge is -2.12. The van der Waals surface area contributed by atoms with E-state index in [2.05, 4.69) is 49.4 Å². The number of pyridine rings is 1. The normalized spacial score (nSPS) is 14.0. The van der Waals surface area contributed by atoms with Crippen LogP contribution in [0.2, 0.25) is 5.02 Å². The van der Waals surface area contributed by atoms with Crippen LogP contribution in [0.4, 0.5) is 4.39 Å². The van der Waals surface area contributed by atoms with Crippen molar-refractivity contribution in [3.63, 3.8) is 0 Å². The number of aliphatic hydroxyl groups is 1. The lowest BCUT2D eigenvalue weighted by Crippen LogP contribution is -2.21. The predicted molar refractivity (Wildman–Crippen MR) is 158 cm³/mol. The SMILES string of the molecule is COC(=O)c1ccc(-n2c(Cn3cc(C(O)NCc4ncn5ccc(Cl)c(F)c45)nn3)cc3cc(C4CC4)ccc32)cc1. The Morgan fingerprint density at radius 2 is 2.00 bits per heavy atom. The Morgan fingerprint density at radius 3 is 2.77 bits per heavy atom. The number of carbonyl (C=O) groups excluding carboxylic acids is 1. The fourth-order valence-corrected chi connectivity index (χ4v) is 5.59. The van der Waals surface area contributed by atoms with Gasteiger partial charge in [-0.05, 0) is 72.9 Å². The Bertz CT molecular complexity index is 1980. The fourth-order valence-electron chi connectivity index (χ4n) is 5.44. The second kappa shape index (κ2) is 10.9. The van der Waals surface area contributed by atoms with Gasteiger partial charge in [-0.25, -0.2) is 18.9 Å². The summed E-state index contributed by atoms with van der Waals surface area (Å²) in [6.07, 6.45) is 6.05. The van der Waals surface area contributed by atoms with E-state index in [1.165, 1.54) is 42.3 Å². The highest BCUT2D eigenvalue weighted by Gasteiger charge is 2.24. The Balaban J connectivity index is 1.15. The molecule has 6 aromatic rings. The van der Waals surface area contributed by atoms with E-state index >= 15 is 0 Å². The van der Waals surface area contributed by atoms with E-state index in [4.69, 9.17) is 16.3 Å². The Labute approximate surface area is 250 Å². The first-order chi connectivity index (χ1) is 20.9. The van der Waals surface area contributed by atoms with E-state index < -0.39 is 18.0 Å². The Hall–Kier alpha value is -4.58. The zero-order chi connectivity index (χ0) is 29.7. The van der Waals surface area contributed by atoms with E-state index in [-0.39, 0.29) is 17.1 Å². The first-order valence-electron chi connectivity index (χ1n) is 13.8. The molecular weight excluding hydrogens is 573 g/mol. The summed E-state index contributed by atoms with van der Waals surface area (Å²) in [5, 5.41) is 23.3. The number of nitrogens with zero attached hydrogens (tertiary/aromatic N) is 6. The van der Waals surface area contributed by atoms with Crippen LogP contribution in [-0.4, -0.2) is 47.1 Å². The topological polar surface area (TPSA) is 112 Å². The van der Waals surface area contributed by atoms with Gasteiger partial charge in [0.2, 0.25) is 0 Å². The van der Waals surface area contributed by atoms with Gasteiger partial charge in [0.1, 0.15) is 11.2 Å². The average molecular weight is 600 g/mol. The number of aliphatic hydroxyl groups excluding tert-OH is 1. The smallest absolute Gasteiger partial charge is 0.337 e. The van der Waals surface area contributed by atoms with Crippen LogP contribution >= 0.6 is 11.6 Å². The van der Waals surface area contributed by atoms with E-state index in [0.717, 1.165) is 22.3 Å². The molecule has 218 valence electrons. The van der Waals surface area contributed by atoms with Gasteiger partial charge in [-0.3, -0.25) is 5.32 Å². The van der Waals surface area contributed by atoms with Crippen LogP contribution in [-0.2, 0) is 17.8 Å². The van der Waals surface area contributed by atoms with Crippen LogP contribution in [0.15, 0.2) is 73.3 Å². The number of carbonyl (C=O) groups is 1. The molecule has 1 fully saturated rings. The molecule has 0 spiro atoms. The van der Waals surface area contributed by atoms with Crippen molar-refractivity contribution in [2.45, 2.75) is 38.1 Å². The summed E-state index contributed by atoms with van der Waals surface area (Å²) in [4.78, 5) is 16.2. The third-order valence-corrected chi connectivity index (χ3v) is 8.08. The highest BCUT2D eigenvalue weighted by atomic mass is 35.5. The zero-order valence-corrected chi connectivity index (χ0v) is 23.9. The predicted octanol–water partition coefficient (Wildman–Crippen LogP) is 5.16. The zero-order valence-electron chi connectivity index (χ0n) is 23.1. The molecule has 2 aromatic carbocycles. The molecule has 1 saturated carbocycles. The van der Waals surface area contributed by atoms with Gasteiger partial charge < -0.3 is 18.8 Å². The molecule has 4 heterocycles. The number of benzene rings is 2. The molecule has 0 aliphatic heterocycles. The van der Waals surface area contributed by atoms with Gasteiger partial charge in [0.15, 0.2) is 12.0 Å². The minimum Gasteiger partial charge on any atom is -0.465 e. The summed E-state index contributed by atoms with van der Waals surface area (Å²) in [6, 6.07) is 17.4. The number of halogens is 2. The van der Waals surface area contributed by atoms with Gasteiger partial charge in [-0.1, -0.05) is 22.9 Å². The van der Waals surface area contributed by atoms with Crippen LogP contribution in [0.5, 0.6) is 0 Å². The number of ether oxygens (including phenoxy) is 1. The van der Waals surface area contributed by atoms with E-state index in [1.807, 2.05) is 12.1 Å². The minimum absolute atomic E-state index is 0.00155. The molecular formula is C31H27ClFN7O3. The van der Waals surface area contributed by atoms with Crippen molar-refractivity contribution in [3.8, 4) is 5.69 Å². The van der Waals surface area contributed by atoms with Gasteiger partial charge in [0.05, 0.1) is 48.0 Å². The van der Waals surface area contributed by atoms with Gasteiger partial charge in [0, 0.05) is 29.5 Å². The van der Waals surface area contributed by atoms with Crippen molar-refractivity contribution in [2.75, 3.05) is 7.11 Å². The molecule has 2 N–H and O–H groups in total. The maximum Gasteiger partial charge on any atom is 0.337 e. The first-order valence-corrected chi connectivity index (χ1v) is 14.2. The summed E-state index contributed by atoms with van der Waals surface area (Å²) in [6.45, 7) is 0.461. The lowest BCUT2D eigenvalue weighted by molar-refractivity contribution is 0.0600. The molecule has 1 atom stereocenters. The number of rotatable bonds is 9. The number of esters is 1. The number of hydrogen-bond acceptors (Lipinski definition) is 7. The van der Waals surface area contributed by atoms with Gasteiger partial charge >= 0.3 is 5.97 Å². The van der Waals surface area contributed by atoms with E-state index in [0.29, 0.717) is 29.4 Å². The summed E-state index contributed by atoms with van der Waals surface area (Å²) in [7, 11) is 1.36. The third kappa shape index (κ3) is 5.16. The first kappa shape index (κ1) is 27.3. The Morgan fingerprint density at radius 1 is 1.19 bits per heavy atom. The van der Waals surface area contributed by atoms with E-state index in [9.17, 15) is 14.3 Å². The van der Waals surface area contributed by atoms with Gasteiger partial charge in [-0.2, -0.15) is 0 Å². The van der Waals surface area contributed by atoms with Crippen molar-refractivity contribution in [1.29, 1.82) is 0 Å². The van der Waals surface area contributed by atoms with Gasteiger partial charge in [-0.15, -0.1) is 5.10 Å². The number of nitrogens with one attached hydrogen (secondary N) is 1. The maximum absolute atomic E-state index is 14.6. The largest absolute Gasteiger partial charge is 0.465 e. The molecule has 43 heavy (non-hydrogen) atoms. The monoisotopic (exact) mass is 599 g/mol. The molecule has 0 radical (unpaired) electrons. The molecule has 0 saturated heterocycles. The van der Waals surface area contributed by atoms with Gasteiger partial charge in [0.25, 0.3) is 0 Å². The maximum atomic E-state index is 14.6. The van der Waals surface area contributed by atoms with Crippen molar-refractivity contribution < 1.29 is 19.0 Å². The fraction of sp³-hybridized carbons (Fsp3) is 0.226. The van der Waals surface area contributed by atoms with Crippen LogP contribution in [0, 0.1) is 5.82 Å². The van der Waals surface area contributed by atoms with Crippen LogP contribution < -0.4 is 5.32 Å². The van der Waals surface area contributed by atoms with Crippen molar-refractivity contribution in [2.24, 2.45) is 0 Å². The van der Waals surface area contributed by atoms with Crippen molar-refractivity contribution in [3.05, 3.63) is 112 Å². The number of aromatic nitrogens is 6. The van der Waals surface area contributed by atoms with Crippen molar-refractivity contribution in [1.82, 2.24) is 34.3 Å². The number of methoxy groups -OCH3 is 1. The van der Waals surface area contributed by atoms with Crippen LogP contribution in [0.3, 0.4) is 0 Å². The summed E-state index contributed by atoms with van der Waals surface area (Å²) < 4.78 is 24.8. The highest BCUT2D eigenvalue weighted by molar-refractivity contribution is 6.31. The molecule has 1 unspecified atom stereocenters. The molecule has 1 aliphatic rings. The standard InChI is InChI=1S/C31H27ClFN7O3/c1-43-31(42)19-4-7-22(8-5-19)40-23(13-21-12-20(18-2-3-18)6-9-27(21)40)15-39-16-26(36-37-39)30(41)34-14-25-29-28(33)24(32)10-11-38(29)17-35-25/h4-13,16-18,30,34,41H,2-3,14-15H2,1H3. The summed E-state index contributed by atoms with van der Waals surface area (Å²) in [5.41, 5.74) is 5.63. The van der Waals surface area contributed by atoms with Crippen molar-refractivity contribution >= 4 is 34.0 Å². The van der Waals surface area contributed by atoms with Crippen LogP contribution in [0.1, 0.15) is 58.0 Å². The van der Waals surface area contributed by atoms with Crippen LogP contribution in [0.25, 0.3) is 22.1 Å². The summed E-state index contributed by atoms with van der Waals surface area (Å²) in [5.74, 6) is -0.343. The molecule has 4 aromatic heterocycles. The molecule has 10 nitrogen and oxygen atoms in total. The molecule has 1 aliphatic carbocycles. The highest BCUT2D eigenvalue weighted by Crippen LogP contribution is 2.41. The quantitative estimate of drug-likeness (QED) is 0.174. The third-order valence-electron chi connectivity index (χ3n) is 7.79. The molecule has 0 bridgehead atoms. The molecule has 12 heteroatoms.